The van der Waals surface area contributed by atoms with Gasteiger partial charge in [-0.2, -0.15) is 0 Å². The summed E-state index contributed by atoms with van der Waals surface area (Å²) in [7, 11) is 0. The third-order valence-electron chi connectivity index (χ3n) is 2.72. The van der Waals surface area contributed by atoms with Crippen molar-refractivity contribution in [1.29, 1.82) is 0 Å². The van der Waals surface area contributed by atoms with Crippen LogP contribution in [0.15, 0.2) is 34.7 Å². The van der Waals surface area contributed by atoms with E-state index in [-0.39, 0.29) is 5.76 Å². The summed E-state index contributed by atoms with van der Waals surface area (Å²) in [6.07, 6.45) is 0. The van der Waals surface area contributed by atoms with E-state index in [1.165, 1.54) is 11.6 Å². The zero-order valence-corrected chi connectivity index (χ0v) is 10.4. The zero-order chi connectivity index (χ0) is 13.1. The number of rotatable bonds is 4. The molecule has 18 heavy (non-hydrogen) atoms. The number of hydrogen-bond acceptors (Lipinski definition) is 3. The van der Waals surface area contributed by atoms with Crippen LogP contribution in [-0.4, -0.2) is 11.1 Å². The lowest BCUT2D eigenvalue weighted by Gasteiger charge is -2.08. The number of hydrogen-bond donors (Lipinski definition) is 2. The molecule has 0 aliphatic heterocycles. The van der Waals surface area contributed by atoms with Gasteiger partial charge in [-0.25, -0.2) is 4.79 Å². The highest BCUT2D eigenvalue weighted by molar-refractivity contribution is 5.84. The number of carboxylic acids is 1. The van der Waals surface area contributed by atoms with E-state index in [0.29, 0.717) is 12.3 Å². The van der Waals surface area contributed by atoms with Crippen LogP contribution in [0.3, 0.4) is 0 Å². The topological polar surface area (TPSA) is 62.5 Å². The summed E-state index contributed by atoms with van der Waals surface area (Å²) in [4.78, 5) is 10.7. The molecule has 2 N–H and O–H groups in total. The summed E-state index contributed by atoms with van der Waals surface area (Å²) in [5.74, 6) is -0.478. The molecule has 4 heteroatoms. The van der Waals surface area contributed by atoms with E-state index in [2.05, 4.69) is 17.4 Å². The van der Waals surface area contributed by atoms with Gasteiger partial charge in [0.05, 0.1) is 6.54 Å². The largest absolute Gasteiger partial charge is 0.475 e. The minimum Gasteiger partial charge on any atom is -0.475 e. The van der Waals surface area contributed by atoms with Crippen molar-refractivity contribution in [2.24, 2.45) is 0 Å². The van der Waals surface area contributed by atoms with Gasteiger partial charge in [-0.1, -0.05) is 12.1 Å². The SMILES string of the molecule is Cc1ccc(C)c(NCc2ccc(C(=O)O)o2)c1. The summed E-state index contributed by atoms with van der Waals surface area (Å²) in [5, 5.41) is 12.0. The Bertz CT molecular complexity index is 572. The predicted octanol–water partition coefficient (Wildman–Crippen LogP) is 3.21. The molecule has 0 spiro atoms. The second-order valence-electron chi connectivity index (χ2n) is 4.24. The van der Waals surface area contributed by atoms with E-state index < -0.39 is 5.97 Å². The van der Waals surface area contributed by atoms with Crippen molar-refractivity contribution in [3.8, 4) is 0 Å². The molecule has 4 nitrogen and oxygen atoms in total. The highest BCUT2D eigenvalue weighted by Crippen LogP contribution is 2.18. The van der Waals surface area contributed by atoms with Gasteiger partial charge in [0.2, 0.25) is 5.76 Å². The van der Waals surface area contributed by atoms with Gasteiger partial charge in [0.1, 0.15) is 5.76 Å². The average Bonchev–Trinajstić information content (AvgIpc) is 2.79. The normalized spacial score (nSPS) is 10.3. The van der Waals surface area contributed by atoms with Gasteiger partial charge in [0, 0.05) is 5.69 Å². The summed E-state index contributed by atoms with van der Waals surface area (Å²) in [6.45, 7) is 4.52. The summed E-state index contributed by atoms with van der Waals surface area (Å²) >= 11 is 0. The molecule has 0 atom stereocenters. The number of aryl methyl sites for hydroxylation is 2. The molecule has 0 unspecified atom stereocenters. The Morgan fingerprint density at radius 3 is 2.72 bits per heavy atom. The van der Waals surface area contributed by atoms with E-state index in [1.807, 2.05) is 19.9 Å². The Labute approximate surface area is 105 Å². The summed E-state index contributed by atoms with van der Waals surface area (Å²) in [5.41, 5.74) is 3.35. The fourth-order valence-corrected chi connectivity index (χ4v) is 1.70. The second kappa shape index (κ2) is 4.96. The van der Waals surface area contributed by atoms with Crippen LogP contribution in [0.5, 0.6) is 0 Å². The Hall–Kier alpha value is -2.23. The standard InChI is InChI=1S/C14H15NO3/c1-9-3-4-10(2)12(7-9)15-8-11-5-6-13(18-11)14(16)17/h3-7,15H,8H2,1-2H3,(H,16,17). The van der Waals surface area contributed by atoms with Crippen LogP contribution in [0.2, 0.25) is 0 Å². The number of nitrogens with one attached hydrogen (secondary N) is 1. The Morgan fingerprint density at radius 1 is 1.28 bits per heavy atom. The molecule has 0 amide bonds. The maximum absolute atomic E-state index is 10.7. The second-order valence-corrected chi connectivity index (χ2v) is 4.24. The molecule has 0 radical (unpaired) electrons. The van der Waals surface area contributed by atoms with Crippen molar-refractivity contribution in [2.45, 2.75) is 20.4 Å². The van der Waals surface area contributed by atoms with Crippen LogP contribution in [0.25, 0.3) is 0 Å². The molecule has 0 aliphatic carbocycles. The van der Waals surface area contributed by atoms with Crippen LogP contribution in [0, 0.1) is 13.8 Å². The zero-order valence-electron chi connectivity index (χ0n) is 10.4. The smallest absolute Gasteiger partial charge is 0.371 e. The third-order valence-corrected chi connectivity index (χ3v) is 2.72. The van der Waals surface area contributed by atoms with Crippen molar-refractivity contribution >= 4 is 11.7 Å². The van der Waals surface area contributed by atoms with Gasteiger partial charge in [-0.15, -0.1) is 0 Å². The van der Waals surface area contributed by atoms with Gasteiger partial charge in [0.25, 0.3) is 0 Å². The molecule has 0 fully saturated rings. The summed E-state index contributed by atoms with van der Waals surface area (Å²) in [6, 6.07) is 9.28. The van der Waals surface area contributed by atoms with Crippen molar-refractivity contribution < 1.29 is 14.3 Å². The van der Waals surface area contributed by atoms with E-state index in [9.17, 15) is 4.79 Å². The van der Waals surface area contributed by atoms with Crippen molar-refractivity contribution in [1.82, 2.24) is 0 Å². The fourth-order valence-electron chi connectivity index (χ4n) is 1.70. The fraction of sp³-hybridized carbons (Fsp3) is 0.214. The summed E-state index contributed by atoms with van der Waals surface area (Å²) < 4.78 is 5.17. The first kappa shape index (κ1) is 12.2. The third kappa shape index (κ3) is 2.71. The highest BCUT2D eigenvalue weighted by atomic mass is 16.4. The first-order valence-corrected chi connectivity index (χ1v) is 5.69. The maximum atomic E-state index is 10.7. The minimum atomic E-state index is -1.05. The molecule has 1 aromatic carbocycles. The van der Waals surface area contributed by atoms with Gasteiger partial charge in [-0.3, -0.25) is 0 Å². The molecule has 0 bridgehead atoms. The van der Waals surface area contributed by atoms with Crippen LogP contribution < -0.4 is 5.32 Å². The number of carbonyl (C=O) groups is 1. The first-order chi connectivity index (χ1) is 8.56. The van der Waals surface area contributed by atoms with E-state index >= 15 is 0 Å². The molecule has 0 saturated carbocycles. The van der Waals surface area contributed by atoms with Crippen LogP contribution in [0.1, 0.15) is 27.4 Å². The molecule has 94 valence electrons. The molecule has 0 aliphatic rings. The predicted molar refractivity (Wildman–Crippen MR) is 68.9 cm³/mol. The quantitative estimate of drug-likeness (QED) is 0.868. The number of furan rings is 1. The Balaban J connectivity index is 2.06. The number of aromatic carboxylic acids is 1. The molecule has 2 aromatic rings. The van der Waals surface area contributed by atoms with Crippen molar-refractivity contribution in [3.63, 3.8) is 0 Å². The van der Waals surface area contributed by atoms with E-state index in [1.54, 1.807) is 6.07 Å². The van der Waals surface area contributed by atoms with E-state index in [0.717, 1.165) is 11.3 Å². The van der Waals surface area contributed by atoms with Crippen LogP contribution in [-0.2, 0) is 6.54 Å². The Morgan fingerprint density at radius 2 is 2.06 bits per heavy atom. The Kier molecular flexibility index (Phi) is 3.37. The van der Waals surface area contributed by atoms with Gasteiger partial charge < -0.3 is 14.8 Å². The lowest BCUT2D eigenvalue weighted by Crippen LogP contribution is -2.00. The number of carboxylic acid groups (broad SMARTS) is 1. The van der Waals surface area contributed by atoms with Crippen molar-refractivity contribution in [2.75, 3.05) is 5.32 Å². The average molecular weight is 245 g/mol. The number of anilines is 1. The van der Waals surface area contributed by atoms with E-state index in [4.69, 9.17) is 9.52 Å². The molecule has 1 heterocycles. The molecule has 0 saturated heterocycles. The molecular formula is C14H15NO3. The lowest BCUT2D eigenvalue weighted by atomic mass is 10.1. The van der Waals surface area contributed by atoms with Gasteiger partial charge in [0.15, 0.2) is 0 Å². The maximum Gasteiger partial charge on any atom is 0.371 e. The monoisotopic (exact) mass is 245 g/mol. The molecular weight excluding hydrogens is 230 g/mol. The first-order valence-electron chi connectivity index (χ1n) is 5.69. The van der Waals surface area contributed by atoms with Crippen LogP contribution in [0.4, 0.5) is 5.69 Å². The van der Waals surface area contributed by atoms with Gasteiger partial charge >= 0.3 is 5.97 Å². The van der Waals surface area contributed by atoms with Crippen LogP contribution >= 0.6 is 0 Å². The minimum absolute atomic E-state index is 0.0345. The van der Waals surface area contributed by atoms with Gasteiger partial charge in [-0.05, 0) is 43.2 Å². The number of benzene rings is 1. The van der Waals surface area contributed by atoms with Crippen molar-refractivity contribution in [3.05, 3.63) is 53.0 Å². The molecule has 1 aromatic heterocycles. The molecule has 2 rings (SSSR count). The highest BCUT2D eigenvalue weighted by Gasteiger charge is 2.08. The lowest BCUT2D eigenvalue weighted by molar-refractivity contribution is 0.0660.